The maximum absolute atomic E-state index is 5.44. The molecule has 2 aliphatic rings. The minimum atomic E-state index is 0.436. The lowest BCUT2D eigenvalue weighted by Crippen LogP contribution is -2.11. The fraction of sp³-hybridized carbons (Fsp3) is 0.111. The third-order valence-corrected chi connectivity index (χ3v) is 1.69. The monoisotopic (exact) mass is 162 g/mol. The molecule has 2 rings (SSSR count). The lowest BCUT2D eigenvalue weighted by atomic mass is 10.3. The van der Waals surface area contributed by atoms with E-state index >= 15 is 0 Å². The number of hydrogen-bond donors (Lipinski definition) is 1. The molecule has 0 atom stereocenters. The number of nitrogens with zero attached hydrogens (tertiary/aromatic N) is 1. The van der Waals surface area contributed by atoms with Gasteiger partial charge in [-0.3, -0.25) is 0 Å². The van der Waals surface area contributed by atoms with E-state index in [9.17, 15) is 0 Å². The molecule has 3 heteroatoms. The van der Waals surface area contributed by atoms with Crippen molar-refractivity contribution in [3.05, 3.63) is 48.0 Å². The minimum absolute atomic E-state index is 0.436. The highest BCUT2D eigenvalue weighted by Crippen LogP contribution is 2.22. The lowest BCUT2D eigenvalue weighted by Gasteiger charge is -2.13. The third-order valence-electron chi connectivity index (χ3n) is 1.69. The van der Waals surface area contributed by atoms with Crippen LogP contribution in [0.3, 0.4) is 0 Å². The van der Waals surface area contributed by atoms with Crippen LogP contribution in [-0.2, 0) is 4.84 Å². The van der Waals surface area contributed by atoms with Gasteiger partial charge < -0.3 is 10.6 Å². The third kappa shape index (κ3) is 1.14. The van der Waals surface area contributed by atoms with E-state index in [1.54, 1.807) is 5.06 Å². The molecular formula is C9H10N2O. The molecule has 62 valence electrons. The van der Waals surface area contributed by atoms with Gasteiger partial charge in [-0.25, -0.2) is 0 Å². The average Bonchev–Trinajstić information content (AvgIpc) is 2.37. The predicted octanol–water partition coefficient (Wildman–Crippen LogP) is 1.04. The van der Waals surface area contributed by atoms with Crippen LogP contribution in [0.2, 0.25) is 0 Å². The first-order valence-electron chi connectivity index (χ1n) is 3.83. The second-order valence-corrected chi connectivity index (χ2v) is 2.55. The molecule has 2 heterocycles. The molecule has 0 spiro atoms. The van der Waals surface area contributed by atoms with E-state index in [-0.39, 0.29) is 0 Å². The van der Waals surface area contributed by atoms with Gasteiger partial charge in [0.2, 0.25) is 0 Å². The second kappa shape index (κ2) is 2.87. The van der Waals surface area contributed by atoms with Gasteiger partial charge in [-0.2, -0.15) is 5.06 Å². The van der Waals surface area contributed by atoms with Crippen LogP contribution in [0.15, 0.2) is 48.0 Å². The van der Waals surface area contributed by atoms with Gasteiger partial charge in [0.25, 0.3) is 0 Å². The minimum Gasteiger partial charge on any atom is -0.378 e. The van der Waals surface area contributed by atoms with Gasteiger partial charge in [-0.1, -0.05) is 12.2 Å². The number of nitrogens with two attached hydrogens (primary N) is 1. The van der Waals surface area contributed by atoms with Gasteiger partial charge in [-0.15, -0.1) is 0 Å². The smallest absolute Gasteiger partial charge is 0.148 e. The van der Waals surface area contributed by atoms with Crippen LogP contribution < -0.4 is 5.73 Å². The summed E-state index contributed by atoms with van der Waals surface area (Å²) in [5, 5.41) is 1.70. The Morgan fingerprint density at radius 1 is 1.33 bits per heavy atom. The Morgan fingerprint density at radius 3 is 3.08 bits per heavy atom. The zero-order valence-electron chi connectivity index (χ0n) is 6.60. The fourth-order valence-corrected chi connectivity index (χ4v) is 1.11. The van der Waals surface area contributed by atoms with Crippen LogP contribution in [0.5, 0.6) is 0 Å². The van der Waals surface area contributed by atoms with Crippen molar-refractivity contribution in [3.63, 3.8) is 0 Å². The SMILES string of the molecule is NCC1=CC2=CC=CC=CN2O1. The van der Waals surface area contributed by atoms with Gasteiger partial charge in [0.05, 0.1) is 12.2 Å². The summed E-state index contributed by atoms with van der Waals surface area (Å²) in [4.78, 5) is 5.37. The molecule has 0 bridgehead atoms. The van der Waals surface area contributed by atoms with E-state index in [1.165, 1.54) is 0 Å². The Balaban J connectivity index is 2.27. The Bertz CT molecular complexity index is 300. The van der Waals surface area contributed by atoms with E-state index in [2.05, 4.69) is 0 Å². The maximum Gasteiger partial charge on any atom is 0.148 e. The first-order chi connectivity index (χ1) is 5.90. The summed E-state index contributed by atoms with van der Waals surface area (Å²) in [6.45, 7) is 0.436. The molecule has 0 aliphatic carbocycles. The predicted molar refractivity (Wildman–Crippen MR) is 46.4 cm³/mol. The number of hydroxylamine groups is 2. The molecule has 0 saturated heterocycles. The summed E-state index contributed by atoms with van der Waals surface area (Å²) < 4.78 is 0. The van der Waals surface area contributed by atoms with Crippen molar-refractivity contribution in [2.75, 3.05) is 6.54 Å². The Morgan fingerprint density at radius 2 is 2.25 bits per heavy atom. The Kier molecular flexibility index (Phi) is 1.72. The molecule has 2 N–H and O–H groups in total. The number of hydrogen-bond acceptors (Lipinski definition) is 3. The first-order valence-corrected chi connectivity index (χ1v) is 3.83. The quantitative estimate of drug-likeness (QED) is 0.626. The molecule has 0 amide bonds. The van der Waals surface area contributed by atoms with Crippen LogP contribution in [0.25, 0.3) is 0 Å². The standard InChI is InChI=1S/C9H10N2O/c10-7-9-6-8-4-2-1-3-5-11(8)12-9/h1-6H,7,10H2. The van der Waals surface area contributed by atoms with E-state index in [0.29, 0.717) is 6.54 Å². The van der Waals surface area contributed by atoms with Crippen LogP contribution >= 0.6 is 0 Å². The van der Waals surface area contributed by atoms with E-state index in [0.717, 1.165) is 11.5 Å². The Labute approximate surface area is 71.1 Å². The summed E-state index contributed by atoms with van der Waals surface area (Å²) in [6.07, 6.45) is 11.6. The highest BCUT2D eigenvalue weighted by atomic mass is 16.7. The summed E-state index contributed by atoms with van der Waals surface area (Å²) in [6, 6.07) is 0. The molecule has 0 unspecified atom stereocenters. The van der Waals surface area contributed by atoms with Crippen LogP contribution in [0.4, 0.5) is 0 Å². The van der Waals surface area contributed by atoms with Crippen molar-refractivity contribution in [2.24, 2.45) is 5.73 Å². The second-order valence-electron chi connectivity index (χ2n) is 2.55. The highest BCUT2D eigenvalue weighted by Gasteiger charge is 2.16. The molecule has 0 aromatic carbocycles. The van der Waals surface area contributed by atoms with Crippen molar-refractivity contribution < 1.29 is 4.84 Å². The number of allylic oxidation sites excluding steroid dienone is 5. The van der Waals surface area contributed by atoms with Crippen molar-refractivity contribution in [3.8, 4) is 0 Å². The van der Waals surface area contributed by atoms with E-state index in [4.69, 9.17) is 10.6 Å². The van der Waals surface area contributed by atoms with Gasteiger partial charge >= 0.3 is 0 Å². The zero-order chi connectivity index (χ0) is 8.39. The lowest BCUT2D eigenvalue weighted by molar-refractivity contribution is -0.0225. The van der Waals surface area contributed by atoms with E-state index < -0.39 is 0 Å². The fourth-order valence-electron chi connectivity index (χ4n) is 1.11. The van der Waals surface area contributed by atoms with Crippen molar-refractivity contribution in [1.29, 1.82) is 0 Å². The molecule has 0 saturated carbocycles. The highest BCUT2D eigenvalue weighted by molar-refractivity contribution is 5.32. The summed E-state index contributed by atoms with van der Waals surface area (Å²) in [5.74, 6) is 0.793. The summed E-state index contributed by atoms with van der Waals surface area (Å²) in [5.41, 5.74) is 6.45. The molecule has 12 heavy (non-hydrogen) atoms. The Hall–Kier alpha value is -1.48. The topological polar surface area (TPSA) is 38.5 Å². The molecular weight excluding hydrogens is 152 g/mol. The largest absolute Gasteiger partial charge is 0.378 e. The molecule has 3 nitrogen and oxygen atoms in total. The molecule has 2 aliphatic heterocycles. The maximum atomic E-state index is 5.44. The van der Waals surface area contributed by atoms with Crippen LogP contribution in [-0.4, -0.2) is 11.6 Å². The number of fused-ring (bicyclic) bond motifs is 1. The van der Waals surface area contributed by atoms with E-state index in [1.807, 2.05) is 36.6 Å². The number of rotatable bonds is 1. The molecule has 0 aromatic heterocycles. The van der Waals surface area contributed by atoms with Gasteiger partial charge in [0, 0.05) is 12.3 Å². The molecule has 0 radical (unpaired) electrons. The van der Waals surface area contributed by atoms with Gasteiger partial charge in [0.1, 0.15) is 5.76 Å². The van der Waals surface area contributed by atoms with Gasteiger partial charge in [0.15, 0.2) is 0 Å². The summed E-state index contributed by atoms with van der Waals surface area (Å²) in [7, 11) is 0. The van der Waals surface area contributed by atoms with Gasteiger partial charge in [-0.05, 0) is 12.2 Å². The van der Waals surface area contributed by atoms with Crippen molar-refractivity contribution in [2.45, 2.75) is 0 Å². The van der Waals surface area contributed by atoms with Crippen LogP contribution in [0, 0.1) is 0 Å². The zero-order valence-corrected chi connectivity index (χ0v) is 6.60. The van der Waals surface area contributed by atoms with Crippen molar-refractivity contribution >= 4 is 0 Å². The normalized spacial score (nSPS) is 19.6. The molecule has 0 fully saturated rings. The first kappa shape index (κ1) is 7.18. The van der Waals surface area contributed by atoms with Crippen LogP contribution in [0.1, 0.15) is 0 Å². The summed E-state index contributed by atoms with van der Waals surface area (Å²) >= 11 is 0. The average molecular weight is 162 g/mol. The molecule has 0 aromatic rings. The van der Waals surface area contributed by atoms with Crippen molar-refractivity contribution in [1.82, 2.24) is 5.06 Å².